The predicted octanol–water partition coefficient (Wildman–Crippen LogP) is 4.64. The first-order valence-corrected chi connectivity index (χ1v) is 9.78. The topological polar surface area (TPSA) is 27.7 Å². The summed E-state index contributed by atoms with van der Waals surface area (Å²) in [6.07, 6.45) is 14.4. The first kappa shape index (κ1) is 21.8. The van der Waals surface area contributed by atoms with Gasteiger partial charge in [-0.3, -0.25) is 0 Å². The Labute approximate surface area is 154 Å². The molecule has 1 aliphatic rings. The van der Waals surface area contributed by atoms with Crippen LogP contribution >= 0.6 is 12.6 Å². The van der Waals surface area contributed by atoms with Crippen molar-refractivity contribution in [1.82, 2.24) is 0 Å². The Balaban J connectivity index is 2.14. The van der Waals surface area contributed by atoms with Gasteiger partial charge >= 0.3 is 0 Å². The van der Waals surface area contributed by atoms with Crippen LogP contribution in [0.3, 0.4) is 0 Å². The van der Waals surface area contributed by atoms with E-state index in [-0.39, 0.29) is 10.3 Å². The van der Waals surface area contributed by atoms with Gasteiger partial charge in [-0.05, 0) is 65.2 Å². The highest BCUT2D eigenvalue weighted by Gasteiger charge is 2.25. The van der Waals surface area contributed by atoms with Crippen LogP contribution in [0.25, 0.3) is 0 Å². The summed E-state index contributed by atoms with van der Waals surface area (Å²) in [6, 6.07) is 0. The lowest BCUT2D eigenvalue weighted by atomic mass is 9.93. The number of hydrogen-bond acceptors (Lipinski definition) is 4. The first-order valence-electron chi connectivity index (χ1n) is 9.34. The van der Waals surface area contributed by atoms with Crippen LogP contribution < -0.4 is 0 Å². The second kappa shape index (κ2) is 11.4. The molecule has 0 bridgehead atoms. The second-order valence-electron chi connectivity index (χ2n) is 7.74. The smallest absolute Gasteiger partial charge is 0.107 e. The zero-order chi connectivity index (χ0) is 17.9. The molecular weight excluding hydrogens is 320 g/mol. The Morgan fingerprint density at radius 2 is 1.96 bits per heavy atom. The summed E-state index contributed by atoms with van der Waals surface area (Å²) >= 11 is 4.78. The molecule has 140 valence electrons. The van der Waals surface area contributed by atoms with Crippen molar-refractivity contribution in [2.45, 2.75) is 88.6 Å². The van der Waals surface area contributed by atoms with Crippen LogP contribution in [-0.4, -0.2) is 42.9 Å². The van der Waals surface area contributed by atoms with Gasteiger partial charge in [0, 0.05) is 24.6 Å². The molecule has 3 nitrogen and oxygen atoms in total. The fraction of sp³-hybridized carbons (Fsp3) is 0.900. The summed E-state index contributed by atoms with van der Waals surface area (Å²) in [5, 5.41) is 0. The molecule has 1 aliphatic heterocycles. The Morgan fingerprint density at radius 3 is 2.62 bits per heavy atom. The number of thiol groups is 1. The number of terminal acetylenes is 1. The lowest BCUT2D eigenvalue weighted by Crippen LogP contribution is -2.30. The van der Waals surface area contributed by atoms with E-state index in [1.54, 1.807) is 0 Å². The van der Waals surface area contributed by atoms with Crippen molar-refractivity contribution in [2.75, 3.05) is 26.4 Å². The molecule has 0 spiro atoms. The number of rotatable bonds is 12. The van der Waals surface area contributed by atoms with Crippen LogP contribution in [0, 0.1) is 12.3 Å². The quantitative estimate of drug-likeness (QED) is 0.314. The monoisotopic (exact) mass is 356 g/mol. The van der Waals surface area contributed by atoms with Gasteiger partial charge in [-0.15, -0.1) is 6.42 Å². The third-order valence-electron chi connectivity index (χ3n) is 4.67. The van der Waals surface area contributed by atoms with Crippen LogP contribution in [0.4, 0.5) is 0 Å². The highest BCUT2D eigenvalue weighted by Crippen LogP contribution is 2.29. The Kier molecular flexibility index (Phi) is 10.4. The molecule has 0 radical (unpaired) electrons. The summed E-state index contributed by atoms with van der Waals surface area (Å²) < 4.78 is 17.2. The minimum atomic E-state index is -0.114. The van der Waals surface area contributed by atoms with E-state index in [1.807, 2.05) is 0 Å². The summed E-state index contributed by atoms with van der Waals surface area (Å²) in [5.41, 5.74) is -0.114. The van der Waals surface area contributed by atoms with E-state index < -0.39 is 0 Å². The predicted molar refractivity (Wildman–Crippen MR) is 104 cm³/mol. The fourth-order valence-corrected chi connectivity index (χ4v) is 3.09. The van der Waals surface area contributed by atoms with Gasteiger partial charge in [0.25, 0.3) is 0 Å². The van der Waals surface area contributed by atoms with Crippen LogP contribution in [0.2, 0.25) is 0 Å². The summed E-state index contributed by atoms with van der Waals surface area (Å²) in [5.74, 6) is 2.49. The van der Waals surface area contributed by atoms with Crippen molar-refractivity contribution in [2.24, 2.45) is 0 Å². The van der Waals surface area contributed by atoms with E-state index in [1.165, 1.54) is 19.3 Å². The first-order chi connectivity index (χ1) is 11.3. The van der Waals surface area contributed by atoms with E-state index >= 15 is 0 Å². The molecule has 0 amide bonds. The van der Waals surface area contributed by atoms with Crippen molar-refractivity contribution in [3.63, 3.8) is 0 Å². The zero-order valence-electron chi connectivity index (χ0n) is 15.8. The molecule has 1 fully saturated rings. The Morgan fingerprint density at radius 1 is 1.17 bits per heavy atom. The van der Waals surface area contributed by atoms with E-state index in [9.17, 15) is 0 Å². The number of hydrogen-bond donors (Lipinski definition) is 1. The highest BCUT2D eigenvalue weighted by molar-refractivity contribution is 7.81. The highest BCUT2D eigenvalue weighted by atomic mass is 32.1. The minimum Gasteiger partial charge on any atom is -0.378 e. The lowest BCUT2D eigenvalue weighted by Gasteiger charge is -2.31. The van der Waals surface area contributed by atoms with Gasteiger partial charge in [0.05, 0.1) is 11.7 Å². The van der Waals surface area contributed by atoms with E-state index in [4.69, 9.17) is 33.3 Å². The fourth-order valence-electron chi connectivity index (χ4n) is 2.89. The van der Waals surface area contributed by atoms with Crippen molar-refractivity contribution in [3.8, 4) is 12.3 Å². The average molecular weight is 357 g/mol. The zero-order valence-corrected chi connectivity index (χ0v) is 16.7. The molecule has 1 rings (SSSR count). The van der Waals surface area contributed by atoms with E-state index in [0.29, 0.717) is 19.3 Å². The van der Waals surface area contributed by atoms with Crippen molar-refractivity contribution < 1.29 is 14.2 Å². The maximum atomic E-state index is 6.11. The van der Waals surface area contributed by atoms with Crippen LogP contribution in [0.15, 0.2) is 0 Å². The van der Waals surface area contributed by atoms with Crippen LogP contribution in [-0.2, 0) is 14.2 Å². The van der Waals surface area contributed by atoms with Gasteiger partial charge in [-0.25, -0.2) is 0 Å². The summed E-state index contributed by atoms with van der Waals surface area (Å²) in [7, 11) is 0. The van der Waals surface area contributed by atoms with Crippen molar-refractivity contribution >= 4 is 12.6 Å². The SMILES string of the molecule is C#CCOCCC(C)(S)CCC(C)(C)OCCCC1CCCCO1. The van der Waals surface area contributed by atoms with Crippen LogP contribution in [0.5, 0.6) is 0 Å². The molecule has 0 saturated carbocycles. The van der Waals surface area contributed by atoms with Crippen LogP contribution in [0.1, 0.15) is 72.1 Å². The summed E-state index contributed by atoms with van der Waals surface area (Å²) in [6.45, 7) is 9.28. The van der Waals surface area contributed by atoms with Gasteiger partial charge in [0.15, 0.2) is 0 Å². The maximum absolute atomic E-state index is 6.11. The normalized spacial score (nSPS) is 21.2. The van der Waals surface area contributed by atoms with Gasteiger partial charge in [-0.1, -0.05) is 12.8 Å². The van der Waals surface area contributed by atoms with Gasteiger partial charge in [0.2, 0.25) is 0 Å². The molecule has 1 heterocycles. The maximum Gasteiger partial charge on any atom is 0.107 e. The standard InChI is InChI=1S/C20H36O3S/c1-5-14-21-17-13-20(4,24)12-11-19(2,3)23-16-8-10-18-9-6-7-15-22-18/h1,18,24H,6-17H2,2-4H3. The molecule has 24 heavy (non-hydrogen) atoms. The van der Waals surface area contributed by atoms with Gasteiger partial charge < -0.3 is 14.2 Å². The number of ether oxygens (including phenoxy) is 3. The molecule has 0 aromatic rings. The van der Waals surface area contributed by atoms with E-state index in [2.05, 4.69) is 26.7 Å². The average Bonchev–Trinajstić information content (AvgIpc) is 2.55. The summed E-state index contributed by atoms with van der Waals surface area (Å²) in [4.78, 5) is 0. The Hall–Kier alpha value is -0.210. The van der Waals surface area contributed by atoms with Crippen molar-refractivity contribution in [1.29, 1.82) is 0 Å². The lowest BCUT2D eigenvalue weighted by molar-refractivity contribution is -0.0387. The molecule has 0 N–H and O–H groups in total. The second-order valence-corrected chi connectivity index (χ2v) is 8.82. The molecule has 2 unspecified atom stereocenters. The molecule has 0 aromatic carbocycles. The molecule has 0 aliphatic carbocycles. The Bertz CT molecular complexity index is 368. The largest absolute Gasteiger partial charge is 0.378 e. The molecule has 0 aromatic heterocycles. The molecule has 2 atom stereocenters. The third-order valence-corrected chi connectivity index (χ3v) is 5.12. The van der Waals surface area contributed by atoms with Gasteiger partial charge in [-0.2, -0.15) is 12.6 Å². The molecule has 4 heteroatoms. The molecular formula is C20H36O3S. The molecule has 1 saturated heterocycles. The third kappa shape index (κ3) is 10.6. The van der Waals surface area contributed by atoms with Gasteiger partial charge in [0.1, 0.15) is 6.61 Å². The minimum absolute atomic E-state index is 0.0504. The van der Waals surface area contributed by atoms with E-state index in [0.717, 1.165) is 45.3 Å². The van der Waals surface area contributed by atoms with Crippen molar-refractivity contribution in [3.05, 3.63) is 0 Å².